The SMILES string of the molecule is CCOC(=O)C1CCCN(C(=O)CN(C)C(=O)c2ccc(OCc3c(C)noc3C)c(OC)c2)C1. The number of amides is 2. The molecule has 0 radical (unpaired) electrons. The van der Waals surface area contributed by atoms with Crippen LogP contribution in [-0.2, 0) is 20.9 Å². The zero-order chi connectivity index (χ0) is 25.5. The van der Waals surface area contributed by atoms with Crippen LogP contribution in [0.1, 0.15) is 47.1 Å². The first kappa shape index (κ1) is 26.1. The minimum atomic E-state index is -0.326. The molecule has 1 aliphatic rings. The number of ether oxygens (including phenoxy) is 3. The summed E-state index contributed by atoms with van der Waals surface area (Å²) in [5, 5.41) is 3.92. The van der Waals surface area contributed by atoms with E-state index in [1.54, 1.807) is 37.1 Å². The second-order valence-electron chi connectivity index (χ2n) is 8.55. The summed E-state index contributed by atoms with van der Waals surface area (Å²) in [6, 6.07) is 4.88. The number of nitrogens with zero attached hydrogens (tertiary/aromatic N) is 3. The maximum absolute atomic E-state index is 13.0. The van der Waals surface area contributed by atoms with Crippen molar-refractivity contribution in [1.29, 1.82) is 0 Å². The average Bonchev–Trinajstić information content (AvgIpc) is 3.19. The van der Waals surface area contributed by atoms with Crippen molar-refractivity contribution in [2.24, 2.45) is 5.92 Å². The lowest BCUT2D eigenvalue weighted by molar-refractivity contribution is -0.151. The number of likely N-dealkylation sites (tertiary alicyclic amines) is 1. The Morgan fingerprint density at radius 1 is 1.23 bits per heavy atom. The number of aryl methyl sites for hydroxylation is 2. The van der Waals surface area contributed by atoms with Gasteiger partial charge in [-0.25, -0.2) is 0 Å². The van der Waals surface area contributed by atoms with Crippen LogP contribution in [0, 0.1) is 19.8 Å². The number of carbonyl (C=O) groups is 3. The summed E-state index contributed by atoms with van der Waals surface area (Å²) < 4.78 is 21.5. The summed E-state index contributed by atoms with van der Waals surface area (Å²) in [6.07, 6.45) is 1.42. The lowest BCUT2D eigenvalue weighted by Gasteiger charge is -2.32. The standard InChI is InChI=1S/C25H33N3O7/c1-6-33-25(31)19-8-7-11-28(13-19)23(29)14-27(4)24(30)18-9-10-21(22(12-18)32-5)34-15-20-16(2)26-35-17(20)3/h9-10,12,19H,6-8,11,13-15H2,1-5H3. The third-order valence-electron chi connectivity index (χ3n) is 6.08. The monoisotopic (exact) mass is 487 g/mol. The molecule has 1 aromatic heterocycles. The predicted molar refractivity (Wildman–Crippen MR) is 126 cm³/mol. The van der Waals surface area contributed by atoms with Gasteiger partial charge in [-0.05, 0) is 51.8 Å². The van der Waals surface area contributed by atoms with Crippen molar-refractivity contribution >= 4 is 17.8 Å². The molecule has 1 atom stereocenters. The van der Waals surface area contributed by atoms with E-state index in [4.69, 9.17) is 18.7 Å². The van der Waals surface area contributed by atoms with E-state index in [-0.39, 0.29) is 36.9 Å². The van der Waals surface area contributed by atoms with Gasteiger partial charge in [0.25, 0.3) is 5.91 Å². The Morgan fingerprint density at radius 3 is 2.66 bits per heavy atom. The maximum Gasteiger partial charge on any atom is 0.310 e. The Balaban J connectivity index is 1.61. The molecule has 2 amide bonds. The molecular formula is C25H33N3O7. The fourth-order valence-corrected chi connectivity index (χ4v) is 4.03. The van der Waals surface area contributed by atoms with Gasteiger partial charge in [0.2, 0.25) is 5.91 Å². The van der Waals surface area contributed by atoms with Gasteiger partial charge in [-0.3, -0.25) is 14.4 Å². The number of aromatic nitrogens is 1. The first-order chi connectivity index (χ1) is 16.7. The summed E-state index contributed by atoms with van der Waals surface area (Å²) in [5.74, 6) is 0.418. The number of benzene rings is 1. The summed E-state index contributed by atoms with van der Waals surface area (Å²) in [5.41, 5.74) is 1.97. The summed E-state index contributed by atoms with van der Waals surface area (Å²) >= 11 is 0. The van der Waals surface area contributed by atoms with Gasteiger partial charge in [-0.15, -0.1) is 0 Å². The van der Waals surface area contributed by atoms with Crippen LogP contribution in [0.5, 0.6) is 11.5 Å². The fourth-order valence-electron chi connectivity index (χ4n) is 4.03. The molecule has 0 spiro atoms. The Morgan fingerprint density at radius 2 is 2.00 bits per heavy atom. The lowest BCUT2D eigenvalue weighted by Crippen LogP contribution is -2.47. The van der Waals surface area contributed by atoms with Gasteiger partial charge in [0.1, 0.15) is 12.4 Å². The molecule has 35 heavy (non-hydrogen) atoms. The van der Waals surface area contributed by atoms with Gasteiger partial charge in [-0.1, -0.05) is 5.16 Å². The normalized spacial score (nSPS) is 15.5. The lowest BCUT2D eigenvalue weighted by atomic mass is 9.98. The minimum Gasteiger partial charge on any atom is -0.493 e. The minimum absolute atomic E-state index is 0.0962. The molecule has 0 saturated carbocycles. The zero-order valence-corrected chi connectivity index (χ0v) is 21.0. The first-order valence-corrected chi connectivity index (χ1v) is 11.7. The van der Waals surface area contributed by atoms with Gasteiger partial charge < -0.3 is 28.5 Å². The number of esters is 1. The number of likely N-dealkylation sites (N-methyl/N-ethyl adjacent to an activating group) is 1. The van der Waals surface area contributed by atoms with Crippen LogP contribution in [-0.4, -0.2) is 73.1 Å². The number of methoxy groups -OCH3 is 1. The van der Waals surface area contributed by atoms with Gasteiger partial charge in [0, 0.05) is 25.7 Å². The zero-order valence-electron chi connectivity index (χ0n) is 21.0. The largest absolute Gasteiger partial charge is 0.493 e. The van der Waals surface area contributed by atoms with Crippen molar-refractivity contribution < 1.29 is 33.1 Å². The quantitative estimate of drug-likeness (QED) is 0.497. The van der Waals surface area contributed by atoms with E-state index in [9.17, 15) is 14.4 Å². The van der Waals surface area contributed by atoms with Crippen LogP contribution < -0.4 is 9.47 Å². The Bertz CT molecular complexity index is 1050. The third kappa shape index (κ3) is 6.32. The second kappa shape index (κ2) is 11.7. The van der Waals surface area contributed by atoms with E-state index in [0.29, 0.717) is 48.9 Å². The van der Waals surface area contributed by atoms with Crippen LogP contribution >= 0.6 is 0 Å². The van der Waals surface area contributed by atoms with Crippen molar-refractivity contribution in [1.82, 2.24) is 15.0 Å². The summed E-state index contributed by atoms with van der Waals surface area (Å²) in [7, 11) is 3.07. The van der Waals surface area contributed by atoms with Crippen molar-refractivity contribution in [2.45, 2.75) is 40.2 Å². The van der Waals surface area contributed by atoms with E-state index >= 15 is 0 Å². The number of hydrogen-bond acceptors (Lipinski definition) is 8. The molecule has 0 bridgehead atoms. The highest BCUT2D eigenvalue weighted by Crippen LogP contribution is 2.30. The highest BCUT2D eigenvalue weighted by Gasteiger charge is 2.30. The fraction of sp³-hybridized carbons (Fsp3) is 0.520. The predicted octanol–water partition coefficient (Wildman–Crippen LogP) is 2.75. The second-order valence-corrected chi connectivity index (χ2v) is 8.55. The molecular weight excluding hydrogens is 454 g/mol. The van der Waals surface area contributed by atoms with E-state index in [1.807, 2.05) is 13.8 Å². The van der Waals surface area contributed by atoms with Gasteiger partial charge in [0.15, 0.2) is 11.5 Å². The van der Waals surface area contributed by atoms with E-state index < -0.39 is 0 Å². The molecule has 0 N–H and O–H groups in total. The Hall–Kier alpha value is -3.56. The smallest absolute Gasteiger partial charge is 0.310 e. The van der Waals surface area contributed by atoms with E-state index in [1.165, 1.54) is 12.0 Å². The highest BCUT2D eigenvalue weighted by atomic mass is 16.5. The maximum atomic E-state index is 13.0. The number of rotatable bonds is 9. The Kier molecular flexibility index (Phi) is 8.73. The van der Waals surface area contributed by atoms with E-state index in [0.717, 1.165) is 17.7 Å². The van der Waals surface area contributed by atoms with Gasteiger partial charge in [0.05, 0.1) is 37.4 Å². The summed E-state index contributed by atoms with van der Waals surface area (Å²) in [6.45, 7) is 6.75. The molecule has 1 aromatic carbocycles. The van der Waals surface area contributed by atoms with Crippen molar-refractivity contribution in [2.75, 3.05) is 40.4 Å². The molecule has 10 nitrogen and oxygen atoms in total. The highest BCUT2D eigenvalue weighted by molar-refractivity contribution is 5.97. The molecule has 0 aliphatic carbocycles. The topological polar surface area (TPSA) is 111 Å². The number of piperidine rings is 1. The number of carbonyl (C=O) groups excluding carboxylic acids is 3. The summed E-state index contributed by atoms with van der Waals surface area (Å²) in [4.78, 5) is 40.9. The van der Waals surface area contributed by atoms with Crippen LogP contribution in [0.2, 0.25) is 0 Å². The van der Waals surface area contributed by atoms with Crippen LogP contribution in [0.15, 0.2) is 22.7 Å². The van der Waals surface area contributed by atoms with Crippen molar-refractivity contribution in [3.63, 3.8) is 0 Å². The molecule has 3 rings (SSSR count). The molecule has 1 saturated heterocycles. The van der Waals surface area contributed by atoms with E-state index in [2.05, 4.69) is 5.16 Å². The molecule has 1 fully saturated rings. The van der Waals surface area contributed by atoms with Gasteiger partial charge in [-0.2, -0.15) is 0 Å². The number of hydrogen-bond donors (Lipinski definition) is 0. The molecule has 190 valence electrons. The molecule has 1 aliphatic heterocycles. The van der Waals surface area contributed by atoms with Crippen molar-refractivity contribution in [3.8, 4) is 11.5 Å². The molecule has 2 aromatic rings. The van der Waals surface area contributed by atoms with Crippen LogP contribution in [0.4, 0.5) is 0 Å². The van der Waals surface area contributed by atoms with Crippen LogP contribution in [0.3, 0.4) is 0 Å². The third-order valence-corrected chi connectivity index (χ3v) is 6.08. The van der Waals surface area contributed by atoms with Crippen molar-refractivity contribution in [3.05, 3.63) is 40.8 Å². The first-order valence-electron chi connectivity index (χ1n) is 11.7. The van der Waals surface area contributed by atoms with Gasteiger partial charge >= 0.3 is 5.97 Å². The molecule has 1 unspecified atom stereocenters. The molecule has 2 heterocycles. The average molecular weight is 488 g/mol. The van der Waals surface area contributed by atoms with Crippen LogP contribution in [0.25, 0.3) is 0 Å². The molecule has 10 heteroatoms. The Labute approximate surface area is 205 Å².